The molecule has 0 fully saturated rings. The first-order valence-electron chi connectivity index (χ1n) is 8.02. The summed E-state index contributed by atoms with van der Waals surface area (Å²) in [5.74, 6) is 1.23. The molecule has 3 heterocycles. The molecule has 1 aliphatic heterocycles. The highest BCUT2D eigenvalue weighted by Gasteiger charge is 2.32. The second-order valence-electron chi connectivity index (χ2n) is 6.22. The number of hydrogen-bond donors (Lipinski definition) is 2. The number of thioether (sulfide) groups is 1. The van der Waals surface area contributed by atoms with E-state index < -0.39 is 5.54 Å². The van der Waals surface area contributed by atoms with E-state index in [2.05, 4.69) is 15.3 Å². The molecule has 3 N–H and O–H groups in total. The van der Waals surface area contributed by atoms with Crippen LogP contribution in [0.1, 0.15) is 18.9 Å². The van der Waals surface area contributed by atoms with Gasteiger partial charge >= 0.3 is 0 Å². The molecule has 0 spiro atoms. The third-order valence-electron chi connectivity index (χ3n) is 4.44. The van der Waals surface area contributed by atoms with E-state index in [1.807, 2.05) is 35.7 Å². The lowest BCUT2D eigenvalue weighted by Crippen LogP contribution is -2.29. The van der Waals surface area contributed by atoms with E-state index in [0.29, 0.717) is 16.7 Å². The van der Waals surface area contributed by atoms with Crippen molar-refractivity contribution in [2.45, 2.75) is 18.9 Å². The number of pyridine rings is 1. The third kappa shape index (κ3) is 2.95. The first-order chi connectivity index (χ1) is 12.0. The first kappa shape index (κ1) is 16.0. The van der Waals surface area contributed by atoms with Crippen LogP contribution in [0.5, 0.6) is 0 Å². The Kier molecular flexibility index (Phi) is 3.88. The number of nitrogens with two attached hydrogens (primary N) is 1. The standard InChI is InChI=1S/C18H18FN5S/c1-18(7-9-25-16(20)23-18)14-10-12(5-6-15(14)19)22-17-21-11-13-4-2-3-8-24(13)17/h2-6,8,10-11H,7,9H2,1H3,(H2,20,23)(H,21,22)/t18-/m0/s1. The van der Waals surface area contributed by atoms with Gasteiger partial charge in [0.05, 0.1) is 17.3 Å². The molecular formula is C18H18FN5S. The number of imidazole rings is 1. The van der Waals surface area contributed by atoms with Crippen LogP contribution in [0.4, 0.5) is 16.0 Å². The van der Waals surface area contributed by atoms with Crippen molar-refractivity contribution in [1.82, 2.24) is 9.38 Å². The SMILES string of the molecule is C[C@@]1(c2cc(Nc3ncc4ccccn34)ccc2F)CCSC(N)=N1. The molecule has 25 heavy (non-hydrogen) atoms. The minimum Gasteiger partial charge on any atom is -0.379 e. The molecule has 0 saturated carbocycles. The fourth-order valence-corrected chi connectivity index (χ4v) is 4.04. The van der Waals surface area contributed by atoms with Gasteiger partial charge in [0, 0.05) is 23.2 Å². The zero-order chi connectivity index (χ0) is 17.4. The summed E-state index contributed by atoms with van der Waals surface area (Å²) in [4.78, 5) is 8.89. The van der Waals surface area contributed by atoms with Crippen LogP contribution < -0.4 is 11.1 Å². The summed E-state index contributed by atoms with van der Waals surface area (Å²) in [7, 11) is 0. The molecule has 7 heteroatoms. The molecule has 0 bridgehead atoms. The van der Waals surface area contributed by atoms with E-state index in [9.17, 15) is 4.39 Å². The molecule has 0 saturated heterocycles. The van der Waals surface area contributed by atoms with Gasteiger partial charge in [0.15, 0.2) is 5.17 Å². The first-order valence-corrected chi connectivity index (χ1v) is 9.01. The lowest BCUT2D eigenvalue weighted by atomic mass is 9.89. The minimum absolute atomic E-state index is 0.274. The van der Waals surface area contributed by atoms with Gasteiger partial charge in [-0.05, 0) is 43.7 Å². The molecule has 2 aromatic heterocycles. The van der Waals surface area contributed by atoms with Crippen LogP contribution in [0, 0.1) is 5.82 Å². The van der Waals surface area contributed by atoms with Crippen molar-refractivity contribution < 1.29 is 4.39 Å². The molecule has 1 aliphatic rings. The molecule has 5 nitrogen and oxygen atoms in total. The van der Waals surface area contributed by atoms with Gasteiger partial charge < -0.3 is 11.1 Å². The topological polar surface area (TPSA) is 67.7 Å². The zero-order valence-corrected chi connectivity index (χ0v) is 14.6. The summed E-state index contributed by atoms with van der Waals surface area (Å²) in [6, 6.07) is 10.8. The van der Waals surface area contributed by atoms with Crippen LogP contribution in [-0.2, 0) is 5.54 Å². The number of hydrogen-bond acceptors (Lipinski definition) is 5. The molecule has 4 rings (SSSR count). The average molecular weight is 355 g/mol. The summed E-state index contributed by atoms with van der Waals surface area (Å²) in [5, 5.41) is 3.77. The molecule has 0 unspecified atom stereocenters. The van der Waals surface area contributed by atoms with Crippen molar-refractivity contribution in [3.8, 4) is 0 Å². The van der Waals surface area contributed by atoms with Gasteiger partial charge in [-0.3, -0.25) is 9.39 Å². The van der Waals surface area contributed by atoms with Gasteiger partial charge in [-0.15, -0.1) is 0 Å². The van der Waals surface area contributed by atoms with Crippen molar-refractivity contribution >= 4 is 34.1 Å². The molecule has 1 atom stereocenters. The highest BCUT2D eigenvalue weighted by atomic mass is 32.2. The van der Waals surface area contributed by atoms with Gasteiger partial charge in [0.2, 0.25) is 5.95 Å². The van der Waals surface area contributed by atoms with Crippen LogP contribution in [0.2, 0.25) is 0 Å². The summed E-state index contributed by atoms with van der Waals surface area (Å²) >= 11 is 1.51. The molecule has 0 amide bonds. The number of nitrogens with one attached hydrogen (secondary N) is 1. The predicted molar refractivity (Wildman–Crippen MR) is 101 cm³/mol. The van der Waals surface area contributed by atoms with Crippen molar-refractivity contribution in [3.63, 3.8) is 0 Å². The summed E-state index contributed by atoms with van der Waals surface area (Å²) in [5.41, 5.74) is 7.52. The van der Waals surface area contributed by atoms with Gasteiger partial charge in [-0.1, -0.05) is 17.8 Å². The van der Waals surface area contributed by atoms with E-state index in [0.717, 1.165) is 23.4 Å². The Morgan fingerprint density at radius 2 is 2.20 bits per heavy atom. The highest BCUT2D eigenvalue weighted by Crippen LogP contribution is 2.37. The van der Waals surface area contributed by atoms with Gasteiger partial charge in [-0.2, -0.15) is 0 Å². The molecule has 1 aromatic carbocycles. The monoisotopic (exact) mass is 355 g/mol. The number of amidine groups is 1. The Hall–Kier alpha value is -2.54. The number of anilines is 2. The van der Waals surface area contributed by atoms with Crippen LogP contribution in [-0.4, -0.2) is 20.3 Å². The van der Waals surface area contributed by atoms with Crippen molar-refractivity contribution in [2.75, 3.05) is 11.1 Å². The average Bonchev–Trinajstić information content (AvgIpc) is 2.99. The fourth-order valence-electron chi connectivity index (χ4n) is 3.06. The Labute approximate surface area is 149 Å². The largest absolute Gasteiger partial charge is 0.379 e. The number of nitrogens with zero attached hydrogens (tertiary/aromatic N) is 3. The number of benzene rings is 1. The lowest BCUT2D eigenvalue weighted by molar-refractivity contribution is 0.450. The van der Waals surface area contributed by atoms with Crippen molar-refractivity contribution in [3.05, 3.63) is 60.2 Å². The number of halogens is 1. The number of aromatic nitrogens is 2. The normalized spacial score (nSPS) is 20.5. The maximum absolute atomic E-state index is 14.5. The summed E-state index contributed by atoms with van der Waals surface area (Å²) in [6.45, 7) is 1.92. The van der Waals surface area contributed by atoms with Crippen LogP contribution in [0.15, 0.2) is 53.8 Å². The van der Waals surface area contributed by atoms with Crippen LogP contribution >= 0.6 is 11.8 Å². The fraction of sp³-hybridized carbons (Fsp3) is 0.222. The van der Waals surface area contributed by atoms with Gasteiger partial charge in [-0.25, -0.2) is 9.37 Å². The second-order valence-corrected chi connectivity index (χ2v) is 7.33. The zero-order valence-electron chi connectivity index (χ0n) is 13.7. The Morgan fingerprint density at radius 1 is 1.32 bits per heavy atom. The number of rotatable bonds is 3. The van der Waals surface area contributed by atoms with Crippen molar-refractivity contribution in [2.24, 2.45) is 10.7 Å². The predicted octanol–water partition coefficient (Wildman–Crippen LogP) is 3.88. The smallest absolute Gasteiger partial charge is 0.212 e. The minimum atomic E-state index is -0.647. The second kappa shape index (κ2) is 6.07. The van der Waals surface area contributed by atoms with Crippen molar-refractivity contribution in [1.29, 1.82) is 0 Å². The van der Waals surface area contributed by atoms with Crippen LogP contribution in [0.25, 0.3) is 5.52 Å². The van der Waals surface area contributed by atoms with E-state index in [4.69, 9.17) is 5.73 Å². The van der Waals surface area contributed by atoms with E-state index in [1.54, 1.807) is 18.3 Å². The Morgan fingerprint density at radius 3 is 3.04 bits per heavy atom. The summed E-state index contributed by atoms with van der Waals surface area (Å²) in [6.07, 6.45) is 4.46. The van der Waals surface area contributed by atoms with E-state index in [-0.39, 0.29) is 5.82 Å². The number of fused-ring (bicyclic) bond motifs is 1. The lowest BCUT2D eigenvalue weighted by Gasteiger charge is -2.30. The highest BCUT2D eigenvalue weighted by molar-refractivity contribution is 8.13. The quantitative estimate of drug-likeness (QED) is 0.748. The Bertz CT molecular complexity index is 967. The van der Waals surface area contributed by atoms with Gasteiger partial charge in [0.25, 0.3) is 0 Å². The Balaban J connectivity index is 1.71. The molecular weight excluding hydrogens is 337 g/mol. The molecule has 0 aliphatic carbocycles. The summed E-state index contributed by atoms with van der Waals surface area (Å²) < 4.78 is 16.4. The van der Waals surface area contributed by atoms with E-state index >= 15 is 0 Å². The van der Waals surface area contributed by atoms with E-state index in [1.165, 1.54) is 17.8 Å². The molecule has 0 radical (unpaired) electrons. The molecule has 3 aromatic rings. The number of aliphatic imine (C=N–C) groups is 1. The molecule has 128 valence electrons. The van der Waals surface area contributed by atoms with Crippen LogP contribution in [0.3, 0.4) is 0 Å². The maximum Gasteiger partial charge on any atom is 0.212 e. The maximum atomic E-state index is 14.5. The van der Waals surface area contributed by atoms with Gasteiger partial charge in [0.1, 0.15) is 5.82 Å². The third-order valence-corrected chi connectivity index (χ3v) is 5.23.